The van der Waals surface area contributed by atoms with Gasteiger partial charge in [0.2, 0.25) is 0 Å². The molecule has 0 aromatic carbocycles. The molecule has 0 aromatic rings. The van der Waals surface area contributed by atoms with Crippen molar-refractivity contribution in [2.24, 2.45) is 0 Å². The van der Waals surface area contributed by atoms with Gasteiger partial charge in [-0.15, -0.1) is 12.6 Å². The number of aliphatic hydroxyl groups is 4. The highest BCUT2D eigenvalue weighted by Crippen LogP contribution is 2.24. The molecule has 1 saturated heterocycles. The zero-order chi connectivity index (χ0) is 9.30. The summed E-state index contributed by atoms with van der Waals surface area (Å²) in [6, 6.07) is 0. The summed E-state index contributed by atoms with van der Waals surface area (Å²) < 4.78 is 4.92. The first kappa shape index (κ1) is 10.2. The molecule has 12 heavy (non-hydrogen) atoms. The van der Waals surface area contributed by atoms with Crippen molar-refractivity contribution < 1.29 is 25.2 Å². The van der Waals surface area contributed by atoms with Crippen molar-refractivity contribution in [2.45, 2.75) is 29.9 Å². The van der Waals surface area contributed by atoms with E-state index < -0.39 is 36.5 Å². The summed E-state index contributed by atoms with van der Waals surface area (Å²) >= 11 is 3.65. The van der Waals surface area contributed by atoms with Crippen LogP contribution in [0.15, 0.2) is 0 Å². The molecule has 0 saturated carbocycles. The Morgan fingerprint density at radius 2 is 1.92 bits per heavy atom. The lowest BCUT2D eigenvalue weighted by Crippen LogP contribution is -2.37. The molecule has 5 nitrogen and oxygen atoms in total. The molecular formula is C6H12O5S. The Balaban J connectivity index is 2.60. The molecule has 0 aliphatic carbocycles. The fourth-order valence-corrected chi connectivity index (χ4v) is 1.42. The van der Waals surface area contributed by atoms with Crippen LogP contribution in [0.5, 0.6) is 0 Å². The van der Waals surface area contributed by atoms with Gasteiger partial charge >= 0.3 is 0 Å². The molecule has 1 aliphatic rings. The highest BCUT2D eigenvalue weighted by molar-refractivity contribution is 7.80. The normalized spacial score (nSPS) is 44.8. The number of ether oxygens (including phenoxy) is 1. The summed E-state index contributed by atoms with van der Waals surface area (Å²) in [5, 5.41) is 36.0. The standard InChI is InChI=1S/C6H12O5S/c7-1-2-3(8)4(9)5(11-2)6(10)12/h2-10,12H,1H2/t2-,3-,4+,5-,6?/m1/s1. The molecule has 1 rings (SSSR count). The Labute approximate surface area is 75.0 Å². The van der Waals surface area contributed by atoms with Gasteiger partial charge < -0.3 is 25.2 Å². The van der Waals surface area contributed by atoms with Crippen molar-refractivity contribution in [2.75, 3.05) is 6.61 Å². The summed E-state index contributed by atoms with van der Waals surface area (Å²) in [6.45, 7) is -0.394. The number of thiol groups is 1. The van der Waals surface area contributed by atoms with Gasteiger partial charge in [0.05, 0.1) is 6.61 Å². The minimum absolute atomic E-state index is 0.394. The molecule has 4 N–H and O–H groups in total. The van der Waals surface area contributed by atoms with Crippen molar-refractivity contribution in [1.29, 1.82) is 0 Å². The van der Waals surface area contributed by atoms with E-state index in [1.807, 2.05) is 0 Å². The first-order valence-electron chi connectivity index (χ1n) is 3.56. The van der Waals surface area contributed by atoms with E-state index in [1.54, 1.807) is 0 Å². The number of hydrogen-bond donors (Lipinski definition) is 5. The second kappa shape index (κ2) is 3.91. The van der Waals surface area contributed by atoms with Crippen LogP contribution in [-0.2, 0) is 4.74 Å². The first-order chi connectivity index (χ1) is 5.57. The van der Waals surface area contributed by atoms with Crippen LogP contribution in [0.1, 0.15) is 0 Å². The Morgan fingerprint density at radius 3 is 2.17 bits per heavy atom. The molecule has 1 unspecified atom stereocenters. The van der Waals surface area contributed by atoms with Crippen molar-refractivity contribution in [3.8, 4) is 0 Å². The molecule has 1 aliphatic heterocycles. The minimum atomic E-state index is -1.20. The van der Waals surface area contributed by atoms with Crippen LogP contribution in [-0.4, -0.2) is 56.9 Å². The van der Waals surface area contributed by atoms with Gasteiger partial charge in [0.1, 0.15) is 29.9 Å². The van der Waals surface area contributed by atoms with Gasteiger partial charge in [0.15, 0.2) is 0 Å². The molecule has 0 radical (unpaired) electrons. The van der Waals surface area contributed by atoms with E-state index in [1.165, 1.54) is 0 Å². The topological polar surface area (TPSA) is 90.2 Å². The Kier molecular flexibility index (Phi) is 3.33. The van der Waals surface area contributed by atoms with Crippen LogP contribution in [0.25, 0.3) is 0 Å². The second-order valence-electron chi connectivity index (χ2n) is 2.72. The van der Waals surface area contributed by atoms with Gasteiger partial charge in [-0.25, -0.2) is 0 Å². The maximum absolute atomic E-state index is 9.23. The summed E-state index contributed by atoms with van der Waals surface area (Å²) in [5.74, 6) is 0. The van der Waals surface area contributed by atoms with Gasteiger partial charge in [-0.1, -0.05) is 0 Å². The van der Waals surface area contributed by atoms with E-state index in [-0.39, 0.29) is 0 Å². The van der Waals surface area contributed by atoms with Gasteiger partial charge in [-0.2, -0.15) is 0 Å². The average Bonchev–Trinajstić information content (AvgIpc) is 2.30. The number of hydrogen-bond acceptors (Lipinski definition) is 6. The molecule has 0 spiro atoms. The van der Waals surface area contributed by atoms with Crippen LogP contribution in [0.2, 0.25) is 0 Å². The molecule has 6 heteroatoms. The van der Waals surface area contributed by atoms with Gasteiger partial charge in [0, 0.05) is 0 Å². The van der Waals surface area contributed by atoms with Crippen molar-refractivity contribution in [1.82, 2.24) is 0 Å². The SMILES string of the molecule is OC[C@H]1O[C@@H](C(O)S)[C@@H](O)[C@@H]1O. The first-order valence-corrected chi connectivity index (χ1v) is 4.08. The van der Waals surface area contributed by atoms with E-state index in [0.717, 1.165) is 0 Å². The van der Waals surface area contributed by atoms with Crippen molar-refractivity contribution in [3.05, 3.63) is 0 Å². The van der Waals surface area contributed by atoms with E-state index in [4.69, 9.17) is 14.9 Å². The van der Waals surface area contributed by atoms with Crippen LogP contribution in [0.4, 0.5) is 0 Å². The lowest BCUT2D eigenvalue weighted by Gasteiger charge is -2.16. The van der Waals surface area contributed by atoms with E-state index in [2.05, 4.69) is 12.6 Å². The quantitative estimate of drug-likeness (QED) is 0.253. The number of aliphatic hydroxyl groups excluding tert-OH is 4. The lowest BCUT2D eigenvalue weighted by molar-refractivity contribution is -0.0480. The maximum atomic E-state index is 9.23. The summed E-state index contributed by atoms with van der Waals surface area (Å²) in [6.07, 6.45) is -4.15. The zero-order valence-electron chi connectivity index (χ0n) is 6.24. The van der Waals surface area contributed by atoms with Crippen LogP contribution in [0, 0.1) is 0 Å². The van der Waals surface area contributed by atoms with Gasteiger partial charge in [0.25, 0.3) is 0 Å². The summed E-state index contributed by atoms with van der Waals surface area (Å²) in [4.78, 5) is 0. The minimum Gasteiger partial charge on any atom is -0.394 e. The predicted molar refractivity (Wildman–Crippen MR) is 42.8 cm³/mol. The maximum Gasteiger partial charge on any atom is 0.125 e. The molecule has 0 bridgehead atoms. The zero-order valence-corrected chi connectivity index (χ0v) is 7.13. The van der Waals surface area contributed by atoms with Crippen LogP contribution in [0.3, 0.4) is 0 Å². The summed E-state index contributed by atoms with van der Waals surface area (Å²) in [5.41, 5.74) is -1.16. The third kappa shape index (κ3) is 1.73. The third-order valence-electron chi connectivity index (χ3n) is 1.87. The monoisotopic (exact) mass is 196 g/mol. The van der Waals surface area contributed by atoms with Crippen molar-refractivity contribution >= 4 is 12.6 Å². The summed E-state index contributed by atoms with van der Waals surface area (Å²) in [7, 11) is 0. The second-order valence-corrected chi connectivity index (χ2v) is 3.25. The van der Waals surface area contributed by atoms with E-state index >= 15 is 0 Å². The largest absolute Gasteiger partial charge is 0.394 e. The highest BCUT2D eigenvalue weighted by atomic mass is 32.1. The fraction of sp³-hybridized carbons (Fsp3) is 1.00. The molecule has 0 aromatic heterocycles. The van der Waals surface area contributed by atoms with E-state index in [9.17, 15) is 10.2 Å². The molecule has 1 fully saturated rings. The van der Waals surface area contributed by atoms with Crippen LogP contribution >= 0.6 is 12.6 Å². The number of rotatable bonds is 2. The lowest BCUT2D eigenvalue weighted by atomic mass is 10.1. The predicted octanol–water partition coefficient (Wildman–Crippen LogP) is -2.28. The molecule has 5 atom stereocenters. The van der Waals surface area contributed by atoms with Gasteiger partial charge in [-0.3, -0.25) is 0 Å². The average molecular weight is 196 g/mol. The Morgan fingerprint density at radius 1 is 1.33 bits per heavy atom. The molecule has 0 amide bonds. The highest BCUT2D eigenvalue weighted by Gasteiger charge is 2.44. The Bertz CT molecular complexity index is 153. The van der Waals surface area contributed by atoms with Gasteiger partial charge in [-0.05, 0) is 0 Å². The van der Waals surface area contributed by atoms with Crippen LogP contribution < -0.4 is 0 Å². The molecule has 1 heterocycles. The fourth-order valence-electron chi connectivity index (χ4n) is 1.17. The molecular weight excluding hydrogens is 184 g/mol. The smallest absolute Gasteiger partial charge is 0.125 e. The van der Waals surface area contributed by atoms with E-state index in [0.29, 0.717) is 0 Å². The Hall–Kier alpha value is 0.150. The van der Waals surface area contributed by atoms with Crippen molar-refractivity contribution in [3.63, 3.8) is 0 Å². The third-order valence-corrected chi connectivity index (χ3v) is 2.17. The molecule has 72 valence electrons.